The smallest absolute Gasteiger partial charge is 0.337 e. The Balaban J connectivity index is 1.51. The van der Waals surface area contributed by atoms with E-state index in [9.17, 15) is 9.59 Å². The fraction of sp³-hybridized carbons (Fsp3) is 0.471. The highest BCUT2D eigenvalue weighted by atomic mass is 16.5. The van der Waals surface area contributed by atoms with Crippen molar-refractivity contribution in [3.05, 3.63) is 82.2 Å². The topological polar surface area (TPSA) is 67.9 Å². The maximum absolute atomic E-state index is 13.9. The predicted octanol–water partition coefficient (Wildman–Crippen LogP) is 6.78. The van der Waals surface area contributed by atoms with Gasteiger partial charge in [-0.15, -0.1) is 0 Å². The zero-order valence-electron chi connectivity index (χ0n) is 24.3. The van der Waals surface area contributed by atoms with Crippen LogP contribution in [0, 0.1) is 0 Å². The molecule has 0 radical (unpaired) electrons. The Morgan fingerprint density at radius 3 is 2.20 bits per heavy atom. The van der Waals surface area contributed by atoms with Crippen LogP contribution in [0.5, 0.6) is 5.75 Å². The normalized spacial score (nSPS) is 21.6. The average Bonchev–Trinajstić information content (AvgIpc) is 2.98. The van der Waals surface area contributed by atoms with Gasteiger partial charge in [0.2, 0.25) is 0 Å². The molecule has 0 aromatic heterocycles. The number of rotatable bonds is 8. The molecule has 40 heavy (non-hydrogen) atoms. The van der Waals surface area contributed by atoms with Gasteiger partial charge in [-0.05, 0) is 94.2 Å². The summed E-state index contributed by atoms with van der Waals surface area (Å²) in [6.07, 6.45) is 6.25. The third kappa shape index (κ3) is 5.67. The van der Waals surface area contributed by atoms with E-state index in [2.05, 4.69) is 48.3 Å². The summed E-state index contributed by atoms with van der Waals surface area (Å²) in [6.45, 7) is 8.07. The number of hydrogen-bond acceptors (Lipinski definition) is 6. The number of methoxy groups -OCH3 is 1. The minimum Gasteiger partial charge on any atom is -0.497 e. The van der Waals surface area contributed by atoms with E-state index in [0.29, 0.717) is 24.0 Å². The van der Waals surface area contributed by atoms with E-state index in [1.165, 1.54) is 6.42 Å². The van der Waals surface area contributed by atoms with E-state index in [1.54, 1.807) is 7.11 Å². The van der Waals surface area contributed by atoms with E-state index in [4.69, 9.17) is 9.47 Å². The predicted molar refractivity (Wildman–Crippen MR) is 159 cm³/mol. The number of ketones is 1. The molecule has 2 aromatic rings. The van der Waals surface area contributed by atoms with Gasteiger partial charge in [-0.1, -0.05) is 30.7 Å². The Bertz CT molecular complexity index is 1280. The zero-order chi connectivity index (χ0) is 28.2. The van der Waals surface area contributed by atoms with Gasteiger partial charge in [0.1, 0.15) is 11.9 Å². The van der Waals surface area contributed by atoms with Crippen LogP contribution in [0.15, 0.2) is 71.1 Å². The maximum Gasteiger partial charge on any atom is 0.337 e. The molecule has 3 aliphatic rings. The van der Waals surface area contributed by atoms with E-state index in [-0.39, 0.29) is 23.8 Å². The first-order chi connectivity index (χ1) is 19.4. The average molecular weight is 543 g/mol. The van der Waals surface area contributed by atoms with E-state index >= 15 is 0 Å². The summed E-state index contributed by atoms with van der Waals surface area (Å²) in [6, 6.07) is 16.4. The number of nitrogens with zero attached hydrogens (tertiary/aromatic N) is 1. The number of anilines is 1. The number of carbonyl (C=O) groups excluding carboxylic acids is 2. The summed E-state index contributed by atoms with van der Waals surface area (Å²) < 4.78 is 11.4. The van der Waals surface area contributed by atoms with Crippen LogP contribution in [0.3, 0.4) is 0 Å². The highest BCUT2D eigenvalue weighted by molar-refractivity contribution is 6.04. The number of esters is 1. The van der Waals surface area contributed by atoms with Crippen LogP contribution in [0.2, 0.25) is 0 Å². The van der Waals surface area contributed by atoms with Gasteiger partial charge in [0.15, 0.2) is 5.78 Å². The molecule has 2 aliphatic carbocycles. The van der Waals surface area contributed by atoms with Gasteiger partial charge in [0.25, 0.3) is 0 Å². The van der Waals surface area contributed by atoms with Gasteiger partial charge in [0, 0.05) is 48.1 Å². The fourth-order valence-corrected chi connectivity index (χ4v) is 6.62. The number of dihydropyridines is 1. The molecule has 212 valence electrons. The summed E-state index contributed by atoms with van der Waals surface area (Å²) in [4.78, 5) is 30.0. The molecule has 0 spiro atoms. The van der Waals surface area contributed by atoms with Gasteiger partial charge in [0.05, 0.1) is 12.7 Å². The lowest BCUT2D eigenvalue weighted by atomic mass is 9.71. The van der Waals surface area contributed by atoms with Crippen LogP contribution >= 0.6 is 0 Å². The molecule has 0 saturated heterocycles. The summed E-state index contributed by atoms with van der Waals surface area (Å²) in [5, 5.41) is 3.49. The summed E-state index contributed by atoms with van der Waals surface area (Å²) in [5.41, 5.74) is 6.18. The molecule has 0 unspecified atom stereocenters. The quantitative estimate of drug-likeness (QED) is 0.371. The van der Waals surface area contributed by atoms with Crippen LogP contribution in [0.25, 0.3) is 0 Å². The fourth-order valence-electron chi connectivity index (χ4n) is 6.62. The highest BCUT2D eigenvalue weighted by Crippen LogP contribution is 2.46. The van der Waals surface area contributed by atoms with Crippen LogP contribution in [-0.4, -0.2) is 38.1 Å². The molecule has 0 amide bonds. The molecule has 5 rings (SSSR count). The second-order valence-corrected chi connectivity index (χ2v) is 11.2. The monoisotopic (exact) mass is 542 g/mol. The summed E-state index contributed by atoms with van der Waals surface area (Å²) in [5.74, 6) is 0.213. The number of nitrogens with one attached hydrogen (secondary N) is 1. The number of Topliss-reactive ketones (excluding diaryl/α,β-unsaturated/α-hetero) is 1. The Labute approximate surface area is 238 Å². The molecule has 1 heterocycles. The Hall–Kier alpha value is -3.54. The van der Waals surface area contributed by atoms with Crippen LogP contribution in [0.1, 0.15) is 88.7 Å². The molecular weight excluding hydrogens is 500 g/mol. The largest absolute Gasteiger partial charge is 0.497 e. The maximum atomic E-state index is 13.9. The van der Waals surface area contributed by atoms with Crippen molar-refractivity contribution in [3.8, 4) is 5.75 Å². The second-order valence-electron chi connectivity index (χ2n) is 11.2. The number of hydrogen-bond donors (Lipinski definition) is 1. The molecule has 1 aliphatic heterocycles. The van der Waals surface area contributed by atoms with Gasteiger partial charge in [-0.3, -0.25) is 4.79 Å². The summed E-state index contributed by atoms with van der Waals surface area (Å²) >= 11 is 0. The van der Waals surface area contributed by atoms with Crippen molar-refractivity contribution < 1.29 is 19.1 Å². The molecule has 1 fully saturated rings. The number of carbonyl (C=O) groups is 2. The minimum atomic E-state index is -0.442. The van der Waals surface area contributed by atoms with Crippen LogP contribution in [0.4, 0.5) is 5.69 Å². The number of benzene rings is 2. The lowest BCUT2D eigenvalue weighted by Crippen LogP contribution is -2.37. The van der Waals surface area contributed by atoms with E-state index in [0.717, 1.165) is 72.7 Å². The molecular formula is C34H42N2O4. The van der Waals surface area contributed by atoms with Crippen molar-refractivity contribution in [1.82, 2.24) is 5.32 Å². The second kappa shape index (κ2) is 12.3. The molecule has 1 N–H and O–H groups in total. The number of allylic oxidation sites excluding steroid dienone is 3. The highest BCUT2D eigenvalue weighted by Gasteiger charge is 2.42. The number of ether oxygens (including phenoxy) is 2. The molecule has 6 heteroatoms. The molecule has 1 saturated carbocycles. The molecule has 6 nitrogen and oxygen atoms in total. The third-order valence-electron chi connectivity index (χ3n) is 8.82. The van der Waals surface area contributed by atoms with E-state index < -0.39 is 5.92 Å². The van der Waals surface area contributed by atoms with Crippen molar-refractivity contribution >= 4 is 17.4 Å². The van der Waals surface area contributed by atoms with Crippen molar-refractivity contribution in [2.24, 2.45) is 0 Å². The zero-order valence-corrected chi connectivity index (χ0v) is 24.3. The third-order valence-corrected chi connectivity index (χ3v) is 8.82. The Morgan fingerprint density at radius 2 is 1.57 bits per heavy atom. The summed E-state index contributed by atoms with van der Waals surface area (Å²) in [7, 11) is 1.66. The Morgan fingerprint density at radius 1 is 0.925 bits per heavy atom. The van der Waals surface area contributed by atoms with Gasteiger partial charge >= 0.3 is 5.97 Å². The van der Waals surface area contributed by atoms with E-state index in [1.807, 2.05) is 31.2 Å². The standard InChI is InChI=1S/C34H42N2O4/c1-5-36(6-2)26-16-12-24(13-17-26)32-31(34(38)40-28-10-8-7-9-11-28)22(3)35-29-20-25(21-30(37)33(29)32)23-14-18-27(39-4)19-15-23/h12-19,25,28,32,35H,5-11,20-21H2,1-4H3/t25-,32+/m0/s1. The van der Waals surface area contributed by atoms with Crippen LogP contribution < -0.4 is 15.0 Å². The molecule has 2 aromatic carbocycles. The van der Waals surface area contributed by atoms with Crippen LogP contribution in [-0.2, 0) is 14.3 Å². The van der Waals surface area contributed by atoms with Gasteiger partial charge in [-0.2, -0.15) is 0 Å². The first-order valence-corrected chi connectivity index (χ1v) is 14.9. The minimum absolute atomic E-state index is 0.0517. The van der Waals surface area contributed by atoms with Crippen molar-refractivity contribution in [3.63, 3.8) is 0 Å². The molecule has 2 atom stereocenters. The first-order valence-electron chi connectivity index (χ1n) is 14.9. The van der Waals surface area contributed by atoms with Crippen molar-refractivity contribution in [2.75, 3.05) is 25.1 Å². The lowest BCUT2D eigenvalue weighted by molar-refractivity contribution is -0.146. The first kappa shape index (κ1) is 28.0. The lowest BCUT2D eigenvalue weighted by Gasteiger charge is -2.37. The molecule has 0 bridgehead atoms. The van der Waals surface area contributed by atoms with Gasteiger partial charge in [-0.25, -0.2) is 4.79 Å². The Kier molecular flexibility index (Phi) is 8.63. The SMILES string of the molecule is CCN(CC)c1ccc([C@@H]2C(C(=O)OC3CCCCC3)=C(C)NC3=C2C(=O)C[C@@H](c2ccc(OC)cc2)C3)cc1. The van der Waals surface area contributed by atoms with Gasteiger partial charge < -0.3 is 19.7 Å². The van der Waals surface area contributed by atoms with Crippen molar-refractivity contribution in [2.45, 2.75) is 83.7 Å². The van der Waals surface area contributed by atoms with Crippen molar-refractivity contribution in [1.29, 1.82) is 0 Å².